The molecular formula is C20H29NO4. The lowest BCUT2D eigenvalue weighted by Gasteiger charge is -2.30. The van der Waals surface area contributed by atoms with E-state index < -0.39 is 12.1 Å². The number of aryl methyl sites for hydroxylation is 2. The first-order valence-corrected chi connectivity index (χ1v) is 9.06. The molecule has 0 aromatic heterocycles. The van der Waals surface area contributed by atoms with E-state index in [0.717, 1.165) is 30.4 Å². The molecule has 1 amide bonds. The van der Waals surface area contributed by atoms with Crippen molar-refractivity contribution in [1.29, 1.82) is 0 Å². The molecule has 5 nitrogen and oxygen atoms in total. The number of ether oxygens (including phenoxy) is 2. The molecule has 1 aliphatic rings. The third-order valence-corrected chi connectivity index (χ3v) is 4.95. The van der Waals surface area contributed by atoms with Gasteiger partial charge in [0.05, 0.1) is 0 Å². The molecule has 0 spiro atoms. The molecule has 0 radical (unpaired) electrons. The number of esters is 1. The quantitative estimate of drug-likeness (QED) is 0.802. The molecule has 1 aliphatic carbocycles. The van der Waals surface area contributed by atoms with Crippen molar-refractivity contribution in [3.8, 4) is 5.75 Å². The van der Waals surface area contributed by atoms with Gasteiger partial charge in [-0.2, -0.15) is 0 Å². The van der Waals surface area contributed by atoms with Crippen LogP contribution in [0.2, 0.25) is 0 Å². The normalized spacial score (nSPS) is 21.3. The standard InChI is InChI=1S/C20H29NO4/c1-13-9-10-17(11-15(13)3)24-12-19(22)25-16(4)20(23)21-18-8-6-5-7-14(18)2/h9-11,14,16,18H,5-8,12H2,1-4H3,(H,21,23)/t14-,16-,18+/m1/s1. The molecular weight excluding hydrogens is 318 g/mol. The third-order valence-electron chi connectivity index (χ3n) is 4.95. The maximum atomic E-state index is 12.2. The molecule has 1 N–H and O–H groups in total. The zero-order valence-electron chi connectivity index (χ0n) is 15.6. The molecule has 1 saturated carbocycles. The Bertz CT molecular complexity index is 614. The Morgan fingerprint density at radius 1 is 1.20 bits per heavy atom. The summed E-state index contributed by atoms with van der Waals surface area (Å²) < 4.78 is 10.6. The predicted molar refractivity (Wildman–Crippen MR) is 96.5 cm³/mol. The van der Waals surface area contributed by atoms with Crippen LogP contribution in [0.3, 0.4) is 0 Å². The summed E-state index contributed by atoms with van der Waals surface area (Å²) in [5.41, 5.74) is 2.26. The zero-order chi connectivity index (χ0) is 18.4. The summed E-state index contributed by atoms with van der Waals surface area (Å²) in [7, 11) is 0. The number of benzene rings is 1. The molecule has 138 valence electrons. The van der Waals surface area contributed by atoms with Crippen molar-refractivity contribution in [2.24, 2.45) is 5.92 Å². The highest BCUT2D eigenvalue weighted by molar-refractivity contribution is 5.83. The van der Waals surface area contributed by atoms with Crippen molar-refractivity contribution in [1.82, 2.24) is 5.32 Å². The predicted octanol–water partition coefficient (Wildman–Crippen LogP) is 3.31. The maximum Gasteiger partial charge on any atom is 0.344 e. The van der Waals surface area contributed by atoms with Crippen LogP contribution < -0.4 is 10.1 Å². The summed E-state index contributed by atoms with van der Waals surface area (Å²) in [4.78, 5) is 24.1. The van der Waals surface area contributed by atoms with Crippen LogP contribution >= 0.6 is 0 Å². The van der Waals surface area contributed by atoms with E-state index in [4.69, 9.17) is 9.47 Å². The number of nitrogens with one attached hydrogen (secondary N) is 1. The number of carbonyl (C=O) groups is 2. The number of hydrogen-bond acceptors (Lipinski definition) is 4. The van der Waals surface area contributed by atoms with Crippen molar-refractivity contribution < 1.29 is 19.1 Å². The van der Waals surface area contributed by atoms with Crippen LogP contribution in [0.5, 0.6) is 5.75 Å². The molecule has 0 saturated heterocycles. The van der Waals surface area contributed by atoms with Gasteiger partial charge in [0.25, 0.3) is 5.91 Å². The second-order valence-electron chi connectivity index (χ2n) is 7.04. The summed E-state index contributed by atoms with van der Waals surface area (Å²) in [6.07, 6.45) is 3.65. The smallest absolute Gasteiger partial charge is 0.344 e. The first-order chi connectivity index (χ1) is 11.9. The highest BCUT2D eigenvalue weighted by Crippen LogP contribution is 2.23. The summed E-state index contributed by atoms with van der Waals surface area (Å²) in [6, 6.07) is 5.81. The molecule has 1 fully saturated rings. The number of carbonyl (C=O) groups excluding carboxylic acids is 2. The van der Waals surface area contributed by atoms with Crippen molar-refractivity contribution in [3.05, 3.63) is 29.3 Å². The Balaban J connectivity index is 1.76. The molecule has 0 unspecified atom stereocenters. The van der Waals surface area contributed by atoms with Gasteiger partial charge in [0.2, 0.25) is 0 Å². The number of hydrogen-bond donors (Lipinski definition) is 1. The van der Waals surface area contributed by atoms with E-state index >= 15 is 0 Å². The van der Waals surface area contributed by atoms with Crippen molar-refractivity contribution in [2.45, 2.75) is 65.5 Å². The van der Waals surface area contributed by atoms with E-state index in [0.29, 0.717) is 11.7 Å². The largest absolute Gasteiger partial charge is 0.482 e. The van der Waals surface area contributed by atoms with Crippen molar-refractivity contribution in [3.63, 3.8) is 0 Å². The van der Waals surface area contributed by atoms with Gasteiger partial charge in [0.1, 0.15) is 5.75 Å². The van der Waals surface area contributed by atoms with Crippen LogP contribution in [0.15, 0.2) is 18.2 Å². The molecule has 25 heavy (non-hydrogen) atoms. The van der Waals surface area contributed by atoms with Crippen LogP contribution in [0.4, 0.5) is 0 Å². The number of rotatable bonds is 6. The monoisotopic (exact) mass is 347 g/mol. The van der Waals surface area contributed by atoms with Crippen LogP contribution in [0.1, 0.15) is 50.7 Å². The van der Waals surface area contributed by atoms with E-state index in [1.165, 1.54) is 6.42 Å². The van der Waals surface area contributed by atoms with Gasteiger partial charge in [-0.05, 0) is 62.8 Å². The van der Waals surface area contributed by atoms with E-state index in [1.54, 1.807) is 6.92 Å². The molecule has 2 rings (SSSR count). The third kappa shape index (κ3) is 5.76. The van der Waals surface area contributed by atoms with Gasteiger partial charge < -0.3 is 14.8 Å². The van der Waals surface area contributed by atoms with E-state index in [9.17, 15) is 9.59 Å². The topological polar surface area (TPSA) is 64.6 Å². The summed E-state index contributed by atoms with van der Waals surface area (Å²) in [6.45, 7) is 7.54. The average molecular weight is 347 g/mol. The molecule has 0 heterocycles. The summed E-state index contributed by atoms with van der Waals surface area (Å²) >= 11 is 0. The van der Waals surface area contributed by atoms with Gasteiger partial charge in [-0.1, -0.05) is 25.8 Å². The first kappa shape index (κ1) is 19.3. The van der Waals surface area contributed by atoms with Gasteiger partial charge >= 0.3 is 5.97 Å². The summed E-state index contributed by atoms with van der Waals surface area (Å²) in [5, 5.41) is 3.00. The Hall–Kier alpha value is -2.04. The second-order valence-corrected chi connectivity index (χ2v) is 7.04. The Kier molecular flexibility index (Phi) is 6.85. The molecule has 1 aromatic rings. The SMILES string of the molecule is Cc1ccc(OCC(=O)O[C@H](C)C(=O)N[C@H]2CCCC[C@H]2C)cc1C. The maximum absolute atomic E-state index is 12.2. The Morgan fingerprint density at radius 2 is 1.92 bits per heavy atom. The van der Waals surface area contributed by atoms with Gasteiger partial charge in [-0.15, -0.1) is 0 Å². The number of amides is 1. The zero-order valence-corrected chi connectivity index (χ0v) is 15.6. The lowest BCUT2D eigenvalue weighted by Crippen LogP contribution is -2.46. The van der Waals surface area contributed by atoms with Crippen molar-refractivity contribution >= 4 is 11.9 Å². The van der Waals surface area contributed by atoms with Gasteiger partial charge in [0.15, 0.2) is 12.7 Å². The lowest BCUT2D eigenvalue weighted by molar-refractivity contribution is -0.157. The minimum absolute atomic E-state index is 0.175. The van der Waals surface area contributed by atoms with Crippen LogP contribution in [0, 0.1) is 19.8 Å². The van der Waals surface area contributed by atoms with Crippen LogP contribution in [0.25, 0.3) is 0 Å². The van der Waals surface area contributed by atoms with Gasteiger partial charge in [0, 0.05) is 6.04 Å². The highest BCUT2D eigenvalue weighted by Gasteiger charge is 2.26. The fourth-order valence-electron chi connectivity index (χ4n) is 3.06. The average Bonchev–Trinajstić information content (AvgIpc) is 2.58. The molecule has 0 aliphatic heterocycles. The first-order valence-electron chi connectivity index (χ1n) is 9.06. The Labute approximate surface area is 150 Å². The highest BCUT2D eigenvalue weighted by atomic mass is 16.6. The minimum Gasteiger partial charge on any atom is -0.482 e. The van der Waals surface area contributed by atoms with Gasteiger partial charge in [-0.3, -0.25) is 4.79 Å². The van der Waals surface area contributed by atoms with Gasteiger partial charge in [-0.25, -0.2) is 4.79 Å². The molecule has 0 bridgehead atoms. The van der Waals surface area contributed by atoms with E-state index in [2.05, 4.69) is 12.2 Å². The molecule has 1 aromatic carbocycles. The lowest BCUT2D eigenvalue weighted by atomic mass is 9.86. The minimum atomic E-state index is -0.815. The van der Waals surface area contributed by atoms with E-state index in [1.807, 2.05) is 32.0 Å². The molecule has 5 heteroatoms. The van der Waals surface area contributed by atoms with Crippen LogP contribution in [-0.2, 0) is 14.3 Å². The van der Waals surface area contributed by atoms with E-state index in [-0.39, 0.29) is 18.6 Å². The fraction of sp³-hybridized carbons (Fsp3) is 0.600. The second kappa shape index (κ2) is 8.88. The fourth-order valence-corrected chi connectivity index (χ4v) is 3.06. The Morgan fingerprint density at radius 3 is 2.60 bits per heavy atom. The molecule has 3 atom stereocenters. The summed E-state index contributed by atoms with van der Waals surface area (Å²) in [5.74, 6) is 0.303. The van der Waals surface area contributed by atoms with Crippen molar-refractivity contribution in [2.75, 3.05) is 6.61 Å². The van der Waals surface area contributed by atoms with Crippen LogP contribution in [-0.4, -0.2) is 30.6 Å².